The smallest absolute Gasteiger partial charge is 0.252 e. The fraction of sp³-hybridized carbons (Fsp3) is 0.462. The van der Waals surface area contributed by atoms with Crippen LogP contribution in [0.5, 0.6) is 0 Å². The van der Waals surface area contributed by atoms with Gasteiger partial charge in [-0.15, -0.1) is 5.10 Å². The molecule has 0 aliphatic heterocycles. The van der Waals surface area contributed by atoms with Gasteiger partial charge in [-0.1, -0.05) is 26.0 Å². The summed E-state index contributed by atoms with van der Waals surface area (Å²) in [6, 6.07) is 9.90. The maximum atomic E-state index is 13.2. The molecule has 0 amide bonds. The third-order valence-electron chi connectivity index (χ3n) is 7.00. The van der Waals surface area contributed by atoms with Gasteiger partial charge in [0.1, 0.15) is 5.76 Å². The van der Waals surface area contributed by atoms with E-state index in [1.54, 1.807) is 6.26 Å². The Kier molecular flexibility index (Phi) is 6.70. The summed E-state index contributed by atoms with van der Waals surface area (Å²) < 4.78 is 7.60. The van der Waals surface area contributed by atoms with Crippen LogP contribution >= 0.6 is 0 Å². The zero-order valence-corrected chi connectivity index (χ0v) is 20.9. The van der Waals surface area contributed by atoms with E-state index in [1.165, 1.54) is 0 Å². The maximum absolute atomic E-state index is 13.2. The number of hydrogen-bond acceptors (Lipinski definition) is 6. The maximum Gasteiger partial charge on any atom is 0.252 e. The summed E-state index contributed by atoms with van der Waals surface area (Å²) in [7, 11) is 0. The number of aromatic nitrogens is 5. The second-order valence-corrected chi connectivity index (χ2v) is 9.62. The number of aryl methyl sites for hydroxylation is 2. The molecule has 8 nitrogen and oxygen atoms in total. The monoisotopic (exact) mass is 462 g/mol. The number of nitrogens with zero attached hydrogens (tertiary/aromatic N) is 5. The van der Waals surface area contributed by atoms with E-state index in [4.69, 9.17) is 4.42 Å². The van der Waals surface area contributed by atoms with E-state index in [0.717, 1.165) is 46.5 Å². The summed E-state index contributed by atoms with van der Waals surface area (Å²) in [6.45, 7) is 13.6. The van der Waals surface area contributed by atoms with Gasteiger partial charge in [-0.2, -0.15) is 0 Å². The van der Waals surface area contributed by atoms with E-state index < -0.39 is 0 Å². The van der Waals surface area contributed by atoms with Crippen molar-refractivity contribution in [3.63, 3.8) is 0 Å². The number of fused-ring (bicyclic) bond motifs is 1. The van der Waals surface area contributed by atoms with Crippen molar-refractivity contribution in [3.05, 3.63) is 75.2 Å². The third-order valence-corrected chi connectivity index (χ3v) is 7.00. The minimum absolute atomic E-state index is 0.0750. The first-order valence-electron chi connectivity index (χ1n) is 11.9. The summed E-state index contributed by atoms with van der Waals surface area (Å²) in [5.74, 6) is 1.63. The van der Waals surface area contributed by atoms with Crippen LogP contribution < -0.4 is 5.56 Å². The molecular weight excluding hydrogens is 428 g/mol. The van der Waals surface area contributed by atoms with Crippen molar-refractivity contribution >= 4 is 10.9 Å². The number of tetrazole rings is 1. The van der Waals surface area contributed by atoms with Gasteiger partial charge in [0.25, 0.3) is 5.56 Å². The summed E-state index contributed by atoms with van der Waals surface area (Å²) >= 11 is 0. The Hall–Kier alpha value is -3.26. The second kappa shape index (κ2) is 9.54. The van der Waals surface area contributed by atoms with Crippen LogP contribution in [0.4, 0.5) is 0 Å². The molecule has 0 bridgehead atoms. The van der Waals surface area contributed by atoms with Gasteiger partial charge in [0.15, 0.2) is 5.82 Å². The lowest BCUT2D eigenvalue weighted by Crippen LogP contribution is -2.36. The highest BCUT2D eigenvalue weighted by Gasteiger charge is 2.31. The number of hydrogen-bond donors (Lipinski definition) is 1. The van der Waals surface area contributed by atoms with Crippen molar-refractivity contribution in [2.75, 3.05) is 0 Å². The molecule has 1 unspecified atom stereocenters. The Labute approximate surface area is 200 Å². The summed E-state index contributed by atoms with van der Waals surface area (Å²) in [6.07, 6.45) is 3.35. The zero-order valence-electron chi connectivity index (χ0n) is 20.9. The van der Waals surface area contributed by atoms with Crippen LogP contribution in [-0.2, 0) is 18.6 Å². The van der Waals surface area contributed by atoms with Crippen LogP contribution in [-0.4, -0.2) is 30.1 Å². The SMILES string of the molecule is CCC(c1nnnn1C(C)(C)CC)N(Cc1ccco1)Cc1cc2ccc(C)c(C)c2[nH]c1=O. The van der Waals surface area contributed by atoms with Crippen molar-refractivity contribution in [1.29, 1.82) is 0 Å². The Bertz CT molecular complexity index is 1320. The van der Waals surface area contributed by atoms with Crippen molar-refractivity contribution in [3.8, 4) is 0 Å². The highest BCUT2D eigenvalue weighted by molar-refractivity contribution is 5.83. The second-order valence-electron chi connectivity index (χ2n) is 9.62. The third kappa shape index (κ3) is 4.55. The number of aromatic amines is 1. The van der Waals surface area contributed by atoms with Gasteiger partial charge in [-0.05, 0) is 85.7 Å². The van der Waals surface area contributed by atoms with Crippen LogP contribution in [0.25, 0.3) is 10.9 Å². The van der Waals surface area contributed by atoms with Gasteiger partial charge in [-0.3, -0.25) is 9.69 Å². The molecule has 4 aromatic rings. The van der Waals surface area contributed by atoms with Crippen molar-refractivity contribution in [1.82, 2.24) is 30.1 Å². The number of benzene rings is 1. The fourth-order valence-corrected chi connectivity index (χ4v) is 4.37. The lowest BCUT2D eigenvalue weighted by atomic mass is 10.0. The molecule has 0 spiro atoms. The van der Waals surface area contributed by atoms with E-state index >= 15 is 0 Å². The van der Waals surface area contributed by atoms with E-state index in [0.29, 0.717) is 18.7 Å². The van der Waals surface area contributed by atoms with Gasteiger partial charge in [0.05, 0.1) is 29.9 Å². The number of pyridine rings is 1. The van der Waals surface area contributed by atoms with Crippen LogP contribution in [0.15, 0.2) is 45.8 Å². The lowest BCUT2D eigenvalue weighted by molar-refractivity contribution is 0.140. The van der Waals surface area contributed by atoms with E-state index in [2.05, 4.69) is 72.2 Å². The molecule has 0 saturated carbocycles. The Balaban J connectivity index is 1.77. The lowest BCUT2D eigenvalue weighted by Gasteiger charge is -2.32. The molecule has 4 rings (SSSR count). The van der Waals surface area contributed by atoms with Gasteiger partial charge in [0.2, 0.25) is 0 Å². The standard InChI is InChI=1S/C26H34N6O2/c1-7-22(24-28-29-30-32(24)26(5,6)8-2)31(16-21-10-9-13-34-21)15-20-14-19-12-11-17(3)18(4)23(19)27-25(20)33/h9-14,22H,7-8,15-16H2,1-6H3,(H,27,33). The molecule has 0 fully saturated rings. The van der Waals surface area contributed by atoms with Gasteiger partial charge in [0, 0.05) is 12.1 Å². The first-order valence-corrected chi connectivity index (χ1v) is 11.9. The number of nitrogens with one attached hydrogen (secondary N) is 1. The molecular formula is C26H34N6O2. The zero-order chi connectivity index (χ0) is 24.5. The molecule has 0 saturated heterocycles. The summed E-state index contributed by atoms with van der Waals surface area (Å²) in [4.78, 5) is 18.5. The highest BCUT2D eigenvalue weighted by atomic mass is 16.3. The van der Waals surface area contributed by atoms with Crippen molar-refractivity contribution < 1.29 is 4.42 Å². The average molecular weight is 463 g/mol. The fourth-order valence-electron chi connectivity index (χ4n) is 4.37. The van der Waals surface area contributed by atoms with Gasteiger partial charge in [-0.25, -0.2) is 4.68 Å². The Morgan fingerprint density at radius 3 is 2.65 bits per heavy atom. The molecule has 1 N–H and O–H groups in total. The van der Waals surface area contributed by atoms with E-state index in [9.17, 15) is 4.79 Å². The first kappa shape index (κ1) is 23.9. The molecule has 3 heterocycles. The number of rotatable bonds is 9. The van der Waals surface area contributed by atoms with Gasteiger partial charge < -0.3 is 9.40 Å². The minimum Gasteiger partial charge on any atom is -0.468 e. The van der Waals surface area contributed by atoms with E-state index in [1.807, 2.05) is 29.8 Å². The van der Waals surface area contributed by atoms with Crippen LogP contribution in [0, 0.1) is 13.8 Å². The Morgan fingerprint density at radius 1 is 1.18 bits per heavy atom. The molecule has 0 radical (unpaired) electrons. The minimum atomic E-state index is -0.224. The molecule has 0 aliphatic rings. The van der Waals surface area contributed by atoms with E-state index in [-0.39, 0.29) is 17.1 Å². The normalized spacial score (nSPS) is 13.1. The predicted molar refractivity (Wildman–Crippen MR) is 132 cm³/mol. The molecule has 180 valence electrons. The molecule has 3 aromatic heterocycles. The Morgan fingerprint density at radius 2 is 1.97 bits per heavy atom. The van der Waals surface area contributed by atoms with Crippen LogP contribution in [0.3, 0.4) is 0 Å². The topological polar surface area (TPSA) is 92.8 Å². The molecule has 0 aliphatic carbocycles. The molecule has 34 heavy (non-hydrogen) atoms. The summed E-state index contributed by atoms with van der Waals surface area (Å²) in [5, 5.41) is 13.8. The average Bonchev–Trinajstić information content (AvgIpc) is 3.51. The van der Waals surface area contributed by atoms with Crippen LogP contribution in [0.2, 0.25) is 0 Å². The van der Waals surface area contributed by atoms with Crippen molar-refractivity contribution in [2.45, 2.75) is 79.1 Å². The van der Waals surface area contributed by atoms with Crippen LogP contribution in [0.1, 0.15) is 74.9 Å². The quantitative estimate of drug-likeness (QED) is 0.375. The largest absolute Gasteiger partial charge is 0.468 e. The highest BCUT2D eigenvalue weighted by Crippen LogP contribution is 2.30. The predicted octanol–water partition coefficient (Wildman–Crippen LogP) is 5.02. The molecule has 1 aromatic carbocycles. The molecule has 1 atom stereocenters. The first-order chi connectivity index (χ1) is 16.2. The van der Waals surface area contributed by atoms with Crippen molar-refractivity contribution in [2.24, 2.45) is 0 Å². The number of furan rings is 1. The summed E-state index contributed by atoms with van der Waals surface area (Å²) in [5.41, 5.74) is 3.56. The van der Waals surface area contributed by atoms with Gasteiger partial charge >= 0.3 is 0 Å². The molecule has 8 heteroatoms. The number of H-pyrrole nitrogens is 1.